The van der Waals surface area contributed by atoms with Gasteiger partial charge in [-0.2, -0.15) is 0 Å². The molecule has 0 radical (unpaired) electrons. The van der Waals surface area contributed by atoms with Crippen LogP contribution in [-0.2, 0) is 4.79 Å². The molecule has 0 fully saturated rings. The molecule has 0 saturated heterocycles. The van der Waals surface area contributed by atoms with Crippen LogP contribution in [0.4, 0.5) is 5.69 Å². The number of para-hydroxylation sites is 1. The zero-order valence-electron chi connectivity index (χ0n) is 15.0. The highest BCUT2D eigenvalue weighted by molar-refractivity contribution is 9.10. The van der Waals surface area contributed by atoms with Gasteiger partial charge in [0.1, 0.15) is 0 Å². The fourth-order valence-electron chi connectivity index (χ4n) is 2.91. The minimum Gasteiger partial charge on any atom is -0.324 e. The number of carbonyl (C=O) groups excluding carboxylic acids is 1. The number of aromatic nitrogens is 1. The topological polar surface area (TPSA) is 42.0 Å². The lowest BCUT2D eigenvalue weighted by molar-refractivity contribution is -0.116. The van der Waals surface area contributed by atoms with Crippen molar-refractivity contribution in [2.24, 2.45) is 0 Å². The predicted molar refractivity (Wildman–Crippen MR) is 117 cm³/mol. The molecule has 1 aromatic heterocycles. The first-order chi connectivity index (χ1) is 13.2. The summed E-state index contributed by atoms with van der Waals surface area (Å²) in [7, 11) is 0. The van der Waals surface area contributed by atoms with E-state index in [9.17, 15) is 4.79 Å². The number of rotatable bonds is 7. The Morgan fingerprint density at radius 1 is 1.07 bits per heavy atom. The van der Waals surface area contributed by atoms with E-state index in [4.69, 9.17) is 0 Å². The zero-order chi connectivity index (χ0) is 19.1. The van der Waals surface area contributed by atoms with Gasteiger partial charge in [0.2, 0.25) is 5.91 Å². The Kier molecular flexibility index (Phi) is 6.55. The molecule has 1 amide bonds. The Labute approximate surface area is 168 Å². The summed E-state index contributed by atoms with van der Waals surface area (Å²) in [5.74, 6) is -0.0149. The molecule has 2 aromatic carbocycles. The monoisotopic (exact) mass is 420 g/mol. The molecule has 3 aromatic rings. The van der Waals surface area contributed by atoms with Gasteiger partial charge in [0.25, 0.3) is 0 Å². The summed E-state index contributed by atoms with van der Waals surface area (Å²) in [6.45, 7) is 3.83. The summed E-state index contributed by atoms with van der Waals surface area (Å²) in [4.78, 5) is 16.8. The number of fused-ring (bicyclic) bond motifs is 1. The Morgan fingerprint density at radius 2 is 1.85 bits per heavy atom. The maximum Gasteiger partial charge on any atom is 0.224 e. The van der Waals surface area contributed by atoms with Gasteiger partial charge in [-0.15, -0.1) is 6.58 Å². The molecule has 0 aliphatic heterocycles. The van der Waals surface area contributed by atoms with Crippen molar-refractivity contribution < 1.29 is 4.79 Å². The van der Waals surface area contributed by atoms with Crippen molar-refractivity contribution in [2.45, 2.75) is 19.3 Å². The van der Waals surface area contributed by atoms with Gasteiger partial charge in [0.15, 0.2) is 0 Å². The lowest BCUT2D eigenvalue weighted by atomic mass is 10.0. The number of anilines is 1. The quantitative estimate of drug-likeness (QED) is 0.450. The number of hydrogen-bond acceptors (Lipinski definition) is 2. The van der Waals surface area contributed by atoms with Crippen LogP contribution in [0.15, 0.2) is 83.5 Å². The number of allylic oxidation sites excluding steroid dienone is 2. The minimum atomic E-state index is -0.0149. The van der Waals surface area contributed by atoms with Crippen molar-refractivity contribution in [3.8, 4) is 0 Å². The van der Waals surface area contributed by atoms with Gasteiger partial charge in [-0.25, -0.2) is 0 Å². The third kappa shape index (κ3) is 5.38. The largest absolute Gasteiger partial charge is 0.324 e. The van der Waals surface area contributed by atoms with E-state index in [0.29, 0.717) is 12.8 Å². The molecule has 4 heteroatoms. The Balaban J connectivity index is 1.67. The molecule has 3 rings (SSSR count). The molecule has 0 saturated carbocycles. The Bertz CT molecular complexity index is 972. The second kappa shape index (κ2) is 9.28. The van der Waals surface area contributed by atoms with Crippen LogP contribution < -0.4 is 5.32 Å². The van der Waals surface area contributed by atoms with Crippen LogP contribution in [0.3, 0.4) is 0 Å². The molecule has 0 bridgehead atoms. The van der Waals surface area contributed by atoms with E-state index < -0.39 is 0 Å². The van der Waals surface area contributed by atoms with Crippen molar-refractivity contribution >= 4 is 44.5 Å². The average molecular weight is 421 g/mol. The van der Waals surface area contributed by atoms with E-state index in [-0.39, 0.29) is 5.91 Å². The molecular weight excluding hydrogens is 400 g/mol. The third-order valence-electron chi connectivity index (χ3n) is 4.23. The number of carbonyl (C=O) groups is 1. The molecule has 1 heterocycles. The Morgan fingerprint density at radius 3 is 2.63 bits per heavy atom. The maximum atomic E-state index is 12.5. The summed E-state index contributed by atoms with van der Waals surface area (Å²) in [5, 5.41) is 4.00. The lowest BCUT2D eigenvalue weighted by Gasteiger charge is -2.09. The zero-order valence-corrected chi connectivity index (χ0v) is 16.6. The van der Waals surface area contributed by atoms with E-state index in [2.05, 4.69) is 51.0 Å². The molecule has 3 nitrogen and oxygen atoms in total. The molecule has 27 heavy (non-hydrogen) atoms. The van der Waals surface area contributed by atoms with E-state index >= 15 is 0 Å². The van der Waals surface area contributed by atoms with Crippen LogP contribution in [0, 0.1) is 0 Å². The molecule has 1 N–H and O–H groups in total. The molecule has 0 aliphatic rings. The molecule has 136 valence electrons. The predicted octanol–water partition coefficient (Wildman–Crippen LogP) is 6.38. The maximum absolute atomic E-state index is 12.5. The average Bonchev–Trinajstić information content (AvgIpc) is 2.68. The summed E-state index contributed by atoms with van der Waals surface area (Å²) >= 11 is 3.45. The summed E-state index contributed by atoms with van der Waals surface area (Å²) in [6, 6.07) is 17.8. The van der Waals surface area contributed by atoms with Gasteiger partial charge >= 0.3 is 0 Å². The van der Waals surface area contributed by atoms with E-state index in [1.54, 1.807) is 6.20 Å². The number of halogens is 1. The second-order valence-corrected chi connectivity index (χ2v) is 7.19. The number of nitrogens with one attached hydrogen (secondary N) is 1. The fraction of sp³-hybridized carbons (Fsp3) is 0.130. The van der Waals surface area contributed by atoms with Crippen LogP contribution in [0.2, 0.25) is 0 Å². The second-order valence-electron chi connectivity index (χ2n) is 6.28. The molecule has 0 unspecified atom stereocenters. The highest BCUT2D eigenvalue weighted by Gasteiger charge is 2.08. The van der Waals surface area contributed by atoms with Crippen molar-refractivity contribution in [2.75, 3.05) is 5.32 Å². The van der Waals surface area contributed by atoms with E-state index in [1.807, 2.05) is 48.5 Å². The highest BCUT2D eigenvalue weighted by atomic mass is 79.9. The number of nitrogens with zero attached hydrogens (tertiary/aromatic N) is 1. The van der Waals surface area contributed by atoms with Gasteiger partial charge in [0, 0.05) is 22.5 Å². The smallest absolute Gasteiger partial charge is 0.224 e. The van der Waals surface area contributed by atoms with E-state index in [0.717, 1.165) is 33.0 Å². The van der Waals surface area contributed by atoms with Crippen LogP contribution in [-0.4, -0.2) is 10.9 Å². The van der Waals surface area contributed by atoms with Crippen LogP contribution in [0.25, 0.3) is 17.0 Å². The number of pyridine rings is 1. The van der Waals surface area contributed by atoms with Crippen molar-refractivity contribution in [1.82, 2.24) is 4.98 Å². The summed E-state index contributed by atoms with van der Waals surface area (Å²) in [6.07, 6.45) is 7.60. The first kappa shape index (κ1) is 19.1. The van der Waals surface area contributed by atoms with Crippen molar-refractivity contribution in [3.63, 3.8) is 0 Å². The molecular formula is C23H21BrN2O. The van der Waals surface area contributed by atoms with Gasteiger partial charge < -0.3 is 5.32 Å². The molecule has 0 aliphatic carbocycles. The number of amides is 1. The summed E-state index contributed by atoms with van der Waals surface area (Å²) in [5.41, 5.74) is 3.86. The van der Waals surface area contributed by atoms with Gasteiger partial charge in [0.05, 0.1) is 11.2 Å². The number of hydrogen-bond donors (Lipinski definition) is 1. The fourth-order valence-corrected chi connectivity index (χ4v) is 3.17. The van der Waals surface area contributed by atoms with Gasteiger partial charge in [-0.05, 0) is 42.7 Å². The summed E-state index contributed by atoms with van der Waals surface area (Å²) < 4.78 is 1.05. The first-order valence-electron chi connectivity index (χ1n) is 8.85. The molecule has 0 atom stereocenters. The van der Waals surface area contributed by atoms with Gasteiger partial charge in [-0.1, -0.05) is 64.0 Å². The van der Waals surface area contributed by atoms with Crippen LogP contribution >= 0.6 is 15.9 Å². The van der Waals surface area contributed by atoms with Gasteiger partial charge in [-0.3, -0.25) is 9.78 Å². The lowest BCUT2D eigenvalue weighted by Crippen LogP contribution is -2.12. The Hall–Kier alpha value is -2.72. The van der Waals surface area contributed by atoms with Crippen molar-refractivity contribution in [3.05, 3.63) is 89.1 Å². The first-order valence-corrected chi connectivity index (χ1v) is 9.64. The third-order valence-corrected chi connectivity index (χ3v) is 4.76. The standard InChI is InChI=1S/C23H21BrN2O/c1-2-5-17(16-18-9-12-20(24)13-10-18)11-14-22(27)26-21-8-3-6-19-7-4-15-25-23(19)21/h2-4,6-10,12-13,15-16H,1,5,11,14H2,(H,26,27). The van der Waals surface area contributed by atoms with Crippen LogP contribution in [0.1, 0.15) is 24.8 Å². The highest BCUT2D eigenvalue weighted by Crippen LogP contribution is 2.22. The normalized spacial score (nSPS) is 11.4. The van der Waals surface area contributed by atoms with Crippen molar-refractivity contribution in [1.29, 1.82) is 0 Å². The number of benzene rings is 2. The minimum absolute atomic E-state index is 0.0149. The van der Waals surface area contributed by atoms with Crippen LogP contribution in [0.5, 0.6) is 0 Å². The molecule has 0 spiro atoms. The van der Waals surface area contributed by atoms with E-state index in [1.165, 1.54) is 5.57 Å². The SMILES string of the molecule is C=CCC(=Cc1ccc(Br)cc1)CCC(=O)Nc1cccc2cccnc12.